The Morgan fingerprint density at radius 2 is 2.07 bits per heavy atom. The molecule has 3 nitrogen and oxygen atoms in total. The van der Waals surface area contributed by atoms with Gasteiger partial charge in [0.25, 0.3) is 0 Å². The van der Waals surface area contributed by atoms with Crippen molar-refractivity contribution in [2.75, 3.05) is 11.9 Å². The molecule has 1 aromatic rings. The van der Waals surface area contributed by atoms with Gasteiger partial charge in [0.2, 0.25) is 5.91 Å². The van der Waals surface area contributed by atoms with Crippen molar-refractivity contribution in [1.29, 1.82) is 5.26 Å². The Bertz CT molecular complexity index is 381. The number of carbonyl (C=O) groups excluding carboxylic acids is 1. The summed E-state index contributed by atoms with van der Waals surface area (Å²) in [4.78, 5) is 13.9. The van der Waals surface area contributed by atoms with Gasteiger partial charge in [0.1, 0.15) is 5.40 Å². The zero-order valence-electron chi connectivity index (χ0n) is 8.73. The molecule has 4 heteroatoms. The highest BCUT2D eigenvalue weighted by Gasteiger charge is 2.07. The average molecular weight is 220 g/mol. The summed E-state index contributed by atoms with van der Waals surface area (Å²) < 4.78 is 0. The van der Waals surface area contributed by atoms with E-state index in [1.54, 1.807) is 11.9 Å². The Balaban J connectivity index is 2.80. The van der Waals surface area contributed by atoms with Crippen LogP contribution in [-0.4, -0.2) is 13.0 Å². The lowest BCUT2D eigenvalue weighted by Gasteiger charge is -2.16. The maximum Gasteiger partial charge on any atom is 0.226 e. The standard InChI is InChI=1S/C11H12N2OS/c1-3-11(14)13(2)9-4-6-10(7-5-9)15-8-12/h4-7H,3H2,1-2H3. The molecule has 0 aromatic heterocycles. The van der Waals surface area contributed by atoms with Crippen LogP contribution < -0.4 is 4.90 Å². The van der Waals surface area contributed by atoms with Gasteiger partial charge in [-0.05, 0) is 36.0 Å². The van der Waals surface area contributed by atoms with Crippen molar-refractivity contribution in [3.05, 3.63) is 24.3 Å². The van der Waals surface area contributed by atoms with Crippen LogP contribution in [0.15, 0.2) is 29.2 Å². The van der Waals surface area contributed by atoms with Crippen LogP contribution in [0.25, 0.3) is 0 Å². The van der Waals surface area contributed by atoms with E-state index in [1.165, 1.54) is 0 Å². The van der Waals surface area contributed by atoms with Crippen LogP contribution in [0.5, 0.6) is 0 Å². The molecule has 1 rings (SSSR count). The predicted molar refractivity (Wildman–Crippen MR) is 61.6 cm³/mol. The second-order valence-corrected chi connectivity index (χ2v) is 3.85. The van der Waals surface area contributed by atoms with E-state index in [1.807, 2.05) is 36.6 Å². The Morgan fingerprint density at radius 3 is 2.53 bits per heavy atom. The summed E-state index contributed by atoms with van der Waals surface area (Å²) in [5, 5.41) is 10.5. The first-order valence-corrected chi connectivity index (χ1v) is 5.43. The summed E-state index contributed by atoms with van der Waals surface area (Å²) >= 11 is 1.11. The average Bonchev–Trinajstić information content (AvgIpc) is 2.28. The number of thioether (sulfide) groups is 1. The zero-order valence-corrected chi connectivity index (χ0v) is 9.54. The number of hydrogen-bond acceptors (Lipinski definition) is 3. The molecule has 0 atom stereocenters. The van der Waals surface area contributed by atoms with Gasteiger partial charge in [-0.2, -0.15) is 5.26 Å². The first-order valence-electron chi connectivity index (χ1n) is 4.61. The molecule has 0 saturated heterocycles. The Kier molecular flexibility index (Phi) is 4.19. The predicted octanol–water partition coefficient (Wildman–Crippen LogP) is 2.63. The van der Waals surface area contributed by atoms with E-state index in [0.717, 1.165) is 22.3 Å². The quantitative estimate of drug-likeness (QED) is 0.581. The third kappa shape index (κ3) is 3.00. The minimum absolute atomic E-state index is 0.0793. The van der Waals surface area contributed by atoms with Gasteiger partial charge < -0.3 is 4.90 Å². The smallest absolute Gasteiger partial charge is 0.226 e. The van der Waals surface area contributed by atoms with Crippen molar-refractivity contribution in [2.24, 2.45) is 0 Å². The largest absolute Gasteiger partial charge is 0.316 e. The number of anilines is 1. The first-order chi connectivity index (χ1) is 7.19. The van der Waals surface area contributed by atoms with E-state index in [-0.39, 0.29) is 5.91 Å². The molecule has 0 heterocycles. The fraction of sp³-hybridized carbons (Fsp3) is 0.273. The van der Waals surface area contributed by atoms with Crippen molar-refractivity contribution in [3.63, 3.8) is 0 Å². The van der Waals surface area contributed by atoms with Crippen molar-refractivity contribution >= 4 is 23.4 Å². The van der Waals surface area contributed by atoms with Gasteiger partial charge >= 0.3 is 0 Å². The number of amides is 1. The molecule has 0 unspecified atom stereocenters. The molecule has 0 fully saturated rings. The fourth-order valence-electron chi connectivity index (χ4n) is 1.17. The number of benzene rings is 1. The van der Waals surface area contributed by atoms with Gasteiger partial charge in [-0.3, -0.25) is 4.79 Å². The highest BCUT2D eigenvalue weighted by molar-refractivity contribution is 8.03. The second-order valence-electron chi connectivity index (χ2n) is 2.99. The minimum Gasteiger partial charge on any atom is -0.316 e. The van der Waals surface area contributed by atoms with Gasteiger partial charge in [-0.25, -0.2) is 0 Å². The van der Waals surface area contributed by atoms with Crippen molar-refractivity contribution < 1.29 is 4.79 Å². The Morgan fingerprint density at radius 1 is 1.47 bits per heavy atom. The van der Waals surface area contributed by atoms with Gasteiger partial charge in [0, 0.05) is 24.1 Å². The SMILES string of the molecule is CCC(=O)N(C)c1ccc(SC#N)cc1. The Hall–Kier alpha value is -1.47. The van der Waals surface area contributed by atoms with E-state index in [0.29, 0.717) is 6.42 Å². The number of thiocyanates is 1. The molecule has 78 valence electrons. The molecule has 1 aromatic carbocycles. The normalized spacial score (nSPS) is 9.40. The lowest BCUT2D eigenvalue weighted by Crippen LogP contribution is -2.24. The molecule has 0 bridgehead atoms. The molecule has 0 aliphatic rings. The fourth-order valence-corrected chi connectivity index (χ4v) is 1.55. The van der Waals surface area contributed by atoms with E-state index in [2.05, 4.69) is 0 Å². The van der Waals surface area contributed by atoms with Crippen LogP contribution >= 0.6 is 11.8 Å². The highest BCUT2D eigenvalue weighted by atomic mass is 32.2. The number of hydrogen-bond donors (Lipinski definition) is 0. The molecular formula is C11H12N2OS. The lowest BCUT2D eigenvalue weighted by atomic mass is 10.3. The lowest BCUT2D eigenvalue weighted by molar-refractivity contribution is -0.118. The molecule has 15 heavy (non-hydrogen) atoms. The summed E-state index contributed by atoms with van der Waals surface area (Å²) in [5.74, 6) is 0.0793. The van der Waals surface area contributed by atoms with E-state index >= 15 is 0 Å². The van der Waals surface area contributed by atoms with Crippen LogP contribution in [-0.2, 0) is 4.79 Å². The van der Waals surface area contributed by atoms with Gasteiger partial charge in [-0.15, -0.1) is 0 Å². The molecule has 0 N–H and O–H groups in total. The Labute approximate surface area is 93.7 Å². The van der Waals surface area contributed by atoms with Gasteiger partial charge in [-0.1, -0.05) is 6.92 Å². The minimum atomic E-state index is 0.0793. The number of nitrogens with zero attached hydrogens (tertiary/aromatic N) is 2. The van der Waals surface area contributed by atoms with Gasteiger partial charge in [0.15, 0.2) is 0 Å². The van der Waals surface area contributed by atoms with Crippen LogP contribution in [0, 0.1) is 10.7 Å². The molecule has 0 radical (unpaired) electrons. The van der Waals surface area contributed by atoms with Gasteiger partial charge in [0.05, 0.1) is 0 Å². The molecular weight excluding hydrogens is 208 g/mol. The van der Waals surface area contributed by atoms with Crippen LogP contribution in [0.3, 0.4) is 0 Å². The van der Waals surface area contributed by atoms with E-state index in [4.69, 9.17) is 5.26 Å². The topological polar surface area (TPSA) is 44.1 Å². The molecule has 0 saturated carbocycles. The molecule has 1 amide bonds. The number of nitriles is 1. The second kappa shape index (κ2) is 5.42. The number of carbonyl (C=O) groups is 1. The molecule has 0 aliphatic carbocycles. The zero-order chi connectivity index (χ0) is 11.3. The highest BCUT2D eigenvalue weighted by Crippen LogP contribution is 2.21. The van der Waals surface area contributed by atoms with Crippen molar-refractivity contribution in [2.45, 2.75) is 18.2 Å². The maximum absolute atomic E-state index is 11.4. The van der Waals surface area contributed by atoms with Crippen molar-refractivity contribution in [1.82, 2.24) is 0 Å². The van der Waals surface area contributed by atoms with Crippen molar-refractivity contribution in [3.8, 4) is 5.40 Å². The van der Waals surface area contributed by atoms with E-state index in [9.17, 15) is 4.79 Å². The molecule has 0 aliphatic heterocycles. The monoisotopic (exact) mass is 220 g/mol. The first kappa shape index (κ1) is 11.6. The number of rotatable bonds is 3. The summed E-state index contributed by atoms with van der Waals surface area (Å²) in [5.41, 5.74) is 0.851. The van der Waals surface area contributed by atoms with Crippen LogP contribution in [0.4, 0.5) is 5.69 Å². The third-order valence-electron chi connectivity index (χ3n) is 2.06. The van der Waals surface area contributed by atoms with E-state index < -0.39 is 0 Å². The van der Waals surface area contributed by atoms with Crippen LogP contribution in [0.1, 0.15) is 13.3 Å². The molecule has 0 spiro atoms. The summed E-state index contributed by atoms with van der Waals surface area (Å²) in [6, 6.07) is 7.35. The van der Waals surface area contributed by atoms with Crippen LogP contribution in [0.2, 0.25) is 0 Å². The maximum atomic E-state index is 11.4. The summed E-state index contributed by atoms with van der Waals surface area (Å²) in [7, 11) is 1.75. The third-order valence-corrected chi connectivity index (χ3v) is 2.66. The summed E-state index contributed by atoms with van der Waals surface area (Å²) in [6.07, 6.45) is 0.491. The summed E-state index contributed by atoms with van der Waals surface area (Å²) in [6.45, 7) is 1.83.